The van der Waals surface area contributed by atoms with Crippen LogP contribution >= 0.6 is 0 Å². The van der Waals surface area contributed by atoms with Crippen molar-refractivity contribution in [3.8, 4) is 0 Å². The van der Waals surface area contributed by atoms with Gasteiger partial charge in [-0.3, -0.25) is 0 Å². The van der Waals surface area contributed by atoms with Crippen molar-refractivity contribution in [1.82, 2.24) is 5.32 Å². The molecule has 0 saturated carbocycles. The van der Waals surface area contributed by atoms with Crippen LogP contribution in [0.2, 0.25) is 0 Å². The predicted octanol–water partition coefficient (Wildman–Crippen LogP) is 2.34. The van der Waals surface area contributed by atoms with Gasteiger partial charge in [-0.1, -0.05) is 13.8 Å². The summed E-state index contributed by atoms with van der Waals surface area (Å²) >= 11 is 0. The molecule has 0 aliphatic rings. The number of nitrogens with one attached hydrogen (secondary N) is 1. The van der Waals surface area contributed by atoms with Crippen LogP contribution in [0.15, 0.2) is 18.2 Å². The van der Waals surface area contributed by atoms with Gasteiger partial charge in [-0.05, 0) is 43.1 Å². The van der Waals surface area contributed by atoms with E-state index >= 15 is 0 Å². The quantitative estimate of drug-likeness (QED) is 0.578. The number of hydrogen-bond donors (Lipinski definition) is 2. The fourth-order valence-corrected chi connectivity index (χ4v) is 1.46. The smallest absolute Gasteiger partial charge is 0.126 e. The summed E-state index contributed by atoms with van der Waals surface area (Å²) in [5, 5.41) is 3.30. The van der Waals surface area contributed by atoms with Gasteiger partial charge in [0, 0.05) is 11.7 Å². The Morgan fingerprint density at radius 2 is 2.13 bits per heavy atom. The number of aryl methyl sites for hydroxylation is 1. The Morgan fingerprint density at radius 3 is 2.80 bits per heavy atom. The van der Waals surface area contributed by atoms with Gasteiger partial charge in [0.1, 0.15) is 5.82 Å². The molecule has 0 saturated heterocycles. The van der Waals surface area contributed by atoms with Crippen LogP contribution in [0.1, 0.15) is 25.8 Å². The van der Waals surface area contributed by atoms with Crippen molar-refractivity contribution in [3.05, 3.63) is 29.6 Å². The second-order valence-corrected chi connectivity index (χ2v) is 4.06. The third kappa shape index (κ3) is 4.30. The summed E-state index contributed by atoms with van der Waals surface area (Å²) in [7, 11) is 0. The third-order valence-corrected chi connectivity index (χ3v) is 2.25. The van der Waals surface area contributed by atoms with Crippen LogP contribution in [-0.4, -0.2) is 12.6 Å². The summed E-state index contributed by atoms with van der Waals surface area (Å²) in [5.74, 6) is -0.159. The highest BCUT2D eigenvalue weighted by Crippen LogP contribution is 2.13. The number of nitrogens with two attached hydrogens (primary N) is 1. The topological polar surface area (TPSA) is 38.0 Å². The minimum Gasteiger partial charge on any atom is -0.399 e. The van der Waals surface area contributed by atoms with Crippen molar-refractivity contribution in [2.45, 2.75) is 32.7 Å². The fourth-order valence-electron chi connectivity index (χ4n) is 1.46. The minimum absolute atomic E-state index is 0.159. The number of benzene rings is 1. The van der Waals surface area contributed by atoms with Gasteiger partial charge in [-0.25, -0.2) is 4.39 Å². The summed E-state index contributed by atoms with van der Waals surface area (Å²) in [6.07, 6.45) is 1.66. The predicted molar refractivity (Wildman–Crippen MR) is 62.3 cm³/mol. The molecule has 0 aromatic heterocycles. The second-order valence-electron chi connectivity index (χ2n) is 4.06. The van der Waals surface area contributed by atoms with E-state index in [4.69, 9.17) is 5.73 Å². The Bertz CT molecular complexity index is 310. The zero-order valence-electron chi connectivity index (χ0n) is 9.39. The summed E-state index contributed by atoms with van der Waals surface area (Å²) in [5.41, 5.74) is 6.93. The van der Waals surface area contributed by atoms with Crippen LogP contribution in [0.3, 0.4) is 0 Å². The highest BCUT2D eigenvalue weighted by molar-refractivity contribution is 5.41. The van der Waals surface area contributed by atoms with E-state index in [2.05, 4.69) is 19.2 Å². The molecule has 0 spiro atoms. The van der Waals surface area contributed by atoms with Crippen LogP contribution < -0.4 is 11.1 Å². The molecule has 1 rings (SSSR count). The van der Waals surface area contributed by atoms with E-state index in [9.17, 15) is 4.39 Å². The van der Waals surface area contributed by atoms with Crippen molar-refractivity contribution in [2.75, 3.05) is 12.3 Å². The van der Waals surface area contributed by atoms with E-state index in [1.165, 1.54) is 6.07 Å². The average Bonchev–Trinajstić information content (AvgIpc) is 2.17. The standard InChI is InChI=1S/C12H19FN2/c1-9(2)15-7-3-4-10-8-11(14)5-6-12(10)13/h5-6,8-9,15H,3-4,7,14H2,1-2H3. The SMILES string of the molecule is CC(C)NCCCc1cc(N)ccc1F. The van der Waals surface area contributed by atoms with E-state index in [-0.39, 0.29) is 5.82 Å². The molecule has 0 fully saturated rings. The molecule has 1 aromatic rings. The maximum absolute atomic E-state index is 13.3. The van der Waals surface area contributed by atoms with Gasteiger partial charge < -0.3 is 11.1 Å². The van der Waals surface area contributed by atoms with Crippen molar-refractivity contribution in [3.63, 3.8) is 0 Å². The van der Waals surface area contributed by atoms with Gasteiger partial charge in [0.25, 0.3) is 0 Å². The molecular weight excluding hydrogens is 191 g/mol. The van der Waals surface area contributed by atoms with E-state index < -0.39 is 0 Å². The Labute approximate surface area is 90.7 Å². The molecule has 2 nitrogen and oxygen atoms in total. The summed E-state index contributed by atoms with van der Waals surface area (Å²) in [6, 6.07) is 5.21. The summed E-state index contributed by atoms with van der Waals surface area (Å²) < 4.78 is 13.3. The molecule has 0 atom stereocenters. The van der Waals surface area contributed by atoms with Crippen LogP contribution in [0.4, 0.5) is 10.1 Å². The molecule has 0 aliphatic carbocycles. The Morgan fingerprint density at radius 1 is 1.40 bits per heavy atom. The normalized spacial score (nSPS) is 10.9. The highest BCUT2D eigenvalue weighted by atomic mass is 19.1. The summed E-state index contributed by atoms with van der Waals surface area (Å²) in [6.45, 7) is 5.11. The molecular formula is C12H19FN2. The van der Waals surface area contributed by atoms with Crippen molar-refractivity contribution in [1.29, 1.82) is 0 Å². The Hall–Kier alpha value is -1.09. The van der Waals surface area contributed by atoms with E-state index in [1.807, 2.05) is 0 Å². The lowest BCUT2D eigenvalue weighted by molar-refractivity contribution is 0.559. The molecule has 0 amide bonds. The van der Waals surface area contributed by atoms with E-state index in [0.717, 1.165) is 19.4 Å². The van der Waals surface area contributed by atoms with E-state index in [0.29, 0.717) is 17.3 Å². The lowest BCUT2D eigenvalue weighted by Gasteiger charge is -2.08. The largest absolute Gasteiger partial charge is 0.399 e. The minimum atomic E-state index is -0.159. The molecule has 3 N–H and O–H groups in total. The molecule has 0 unspecified atom stereocenters. The van der Waals surface area contributed by atoms with Crippen molar-refractivity contribution in [2.24, 2.45) is 0 Å². The molecule has 0 heterocycles. The van der Waals surface area contributed by atoms with Crippen LogP contribution in [0.25, 0.3) is 0 Å². The molecule has 1 aromatic carbocycles. The number of nitrogen functional groups attached to an aromatic ring is 1. The molecule has 15 heavy (non-hydrogen) atoms. The lowest BCUT2D eigenvalue weighted by Crippen LogP contribution is -2.24. The van der Waals surface area contributed by atoms with E-state index in [1.54, 1.807) is 12.1 Å². The van der Waals surface area contributed by atoms with Crippen LogP contribution in [0.5, 0.6) is 0 Å². The van der Waals surface area contributed by atoms with Crippen molar-refractivity contribution < 1.29 is 4.39 Å². The van der Waals surface area contributed by atoms with Crippen LogP contribution in [0, 0.1) is 5.82 Å². The first-order valence-electron chi connectivity index (χ1n) is 5.37. The molecule has 84 valence electrons. The first-order valence-corrected chi connectivity index (χ1v) is 5.37. The Balaban J connectivity index is 2.40. The maximum Gasteiger partial charge on any atom is 0.126 e. The maximum atomic E-state index is 13.3. The fraction of sp³-hybridized carbons (Fsp3) is 0.500. The van der Waals surface area contributed by atoms with Crippen molar-refractivity contribution >= 4 is 5.69 Å². The third-order valence-electron chi connectivity index (χ3n) is 2.25. The number of rotatable bonds is 5. The second kappa shape index (κ2) is 5.71. The van der Waals surface area contributed by atoms with Gasteiger partial charge in [-0.15, -0.1) is 0 Å². The zero-order chi connectivity index (χ0) is 11.3. The van der Waals surface area contributed by atoms with Gasteiger partial charge in [-0.2, -0.15) is 0 Å². The monoisotopic (exact) mass is 210 g/mol. The highest BCUT2D eigenvalue weighted by Gasteiger charge is 2.02. The zero-order valence-corrected chi connectivity index (χ0v) is 9.39. The Kier molecular flexibility index (Phi) is 4.56. The molecule has 0 aliphatic heterocycles. The molecule has 0 bridgehead atoms. The summed E-state index contributed by atoms with van der Waals surface area (Å²) in [4.78, 5) is 0. The molecule has 3 heteroatoms. The number of hydrogen-bond acceptors (Lipinski definition) is 2. The molecule has 0 radical (unpaired) electrons. The van der Waals surface area contributed by atoms with Gasteiger partial charge in [0.2, 0.25) is 0 Å². The van der Waals surface area contributed by atoms with Gasteiger partial charge >= 0.3 is 0 Å². The van der Waals surface area contributed by atoms with Gasteiger partial charge in [0.05, 0.1) is 0 Å². The lowest BCUT2D eigenvalue weighted by atomic mass is 10.1. The van der Waals surface area contributed by atoms with Gasteiger partial charge in [0.15, 0.2) is 0 Å². The number of anilines is 1. The number of halogens is 1. The average molecular weight is 210 g/mol. The van der Waals surface area contributed by atoms with Crippen LogP contribution in [-0.2, 0) is 6.42 Å². The first kappa shape index (κ1) is 12.0. The first-order chi connectivity index (χ1) is 7.09.